The van der Waals surface area contributed by atoms with Crippen LogP contribution in [0.25, 0.3) is 0 Å². The Kier molecular flexibility index (Phi) is 7.59. The first-order chi connectivity index (χ1) is 21.5. The molecule has 0 aromatic rings. The van der Waals surface area contributed by atoms with Gasteiger partial charge in [-0.3, -0.25) is 19.4 Å². The van der Waals surface area contributed by atoms with Gasteiger partial charge in [-0.05, 0) is 81.1 Å². The molecule has 6 rings (SSSR count). The highest BCUT2D eigenvalue weighted by Crippen LogP contribution is 2.47. The molecule has 0 spiro atoms. The van der Waals surface area contributed by atoms with Crippen molar-refractivity contribution in [2.24, 2.45) is 37.7 Å². The number of aliphatic imine (C=N–C) groups is 4. The fraction of sp³-hybridized carbons (Fsp3) is 0.361. The van der Waals surface area contributed by atoms with E-state index >= 15 is 0 Å². The van der Waals surface area contributed by atoms with Crippen molar-refractivity contribution in [3.05, 3.63) is 92.7 Å². The lowest BCUT2D eigenvalue weighted by Crippen LogP contribution is -2.23. The van der Waals surface area contributed by atoms with Gasteiger partial charge in [-0.1, -0.05) is 26.5 Å². The number of carboxylic acids is 1. The van der Waals surface area contributed by atoms with Gasteiger partial charge in [-0.2, -0.15) is 0 Å². The molecule has 0 aromatic carbocycles. The van der Waals surface area contributed by atoms with E-state index in [1.807, 2.05) is 39.0 Å². The molecule has 1 N–H and O–H groups in total. The number of hydrogen-bond acceptors (Lipinski definition) is 8. The Hall–Kier alpha value is -4.79. The molecule has 6 aliphatic rings. The summed E-state index contributed by atoms with van der Waals surface area (Å²) in [5, 5.41) is 10.4. The van der Waals surface area contributed by atoms with Gasteiger partial charge in [0.05, 0.1) is 46.5 Å². The largest absolute Gasteiger partial charge is 0.480 e. The smallest absolute Gasteiger partial charge is 0.319 e. The molecular weight excluding hydrogens is 568 g/mol. The van der Waals surface area contributed by atoms with Crippen LogP contribution in [0.2, 0.25) is 0 Å². The average Bonchev–Trinajstić information content (AvgIpc) is 3.73. The van der Waals surface area contributed by atoms with Crippen molar-refractivity contribution in [2.75, 3.05) is 6.61 Å². The van der Waals surface area contributed by atoms with Crippen molar-refractivity contribution in [1.82, 2.24) is 0 Å². The molecule has 0 aromatic heterocycles. The van der Waals surface area contributed by atoms with Crippen molar-refractivity contribution in [3.63, 3.8) is 0 Å². The number of carbonyl (C=O) groups is 3. The van der Waals surface area contributed by atoms with Gasteiger partial charge in [0.1, 0.15) is 5.92 Å². The number of ether oxygens (including phenoxy) is 1. The summed E-state index contributed by atoms with van der Waals surface area (Å²) >= 11 is 0. The van der Waals surface area contributed by atoms with Crippen LogP contribution in [0.15, 0.2) is 113 Å². The summed E-state index contributed by atoms with van der Waals surface area (Å²) in [7, 11) is 0. The van der Waals surface area contributed by atoms with E-state index in [0.717, 1.165) is 51.5 Å². The van der Waals surface area contributed by atoms with Gasteiger partial charge in [-0.15, -0.1) is 0 Å². The summed E-state index contributed by atoms with van der Waals surface area (Å²) in [5.74, 6) is -4.06. The fourth-order valence-corrected chi connectivity index (χ4v) is 7.05. The number of esters is 1. The second-order valence-corrected chi connectivity index (χ2v) is 12.0. The van der Waals surface area contributed by atoms with Crippen molar-refractivity contribution in [3.8, 4) is 0 Å². The molecule has 3 unspecified atom stereocenters. The number of ketones is 1. The van der Waals surface area contributed by atoms with Crippen LogP contribution in [0.5, 0.6) is 0 Å². The first kappa shape index (κ1) is 30.2. The van der Waals surface area contributed by atoms with Gasteiger partial charge in [0, 0.05) is 40.7 Å². The van der Waals surface area contributed by atoms with Crippen LogP contribution in [0.3, 0.4) is 0 Å². The third-order valence-electron chi connectivity index (χ3n) is 9.52. The van der Waals surface area contributed by atoms with Gasteiger partial charge in [0.25, 0.3) is 0 Å². The van der Waals surface area contributed by atoms with Crippen LogP contribution >= 0.6 is 0 Å². The summed E-state index contributed by atoms with van der Waals surface area (Å²) in [6, 6.07) is 0. The van der Waals surface area contributed by atoms with Gasteiger partial charge in [0.15, 0.2) is 5.78 Å². The minimum atomic E-state index is -1.44. The van der Waals surface area contributed by atoms with Crippen molar-refractivity contribution in [2.45, 2.75) is 60.8 Å². The van der Waals surface area contributed by atoms with E-state index in [-0.39, 0.29) is 30.8 Å². The second-order valence-electron chi connectivity index (χ2n) is 12.0. The maximum absolute atomic E-state index is 13.8. The molecule has 5 heterocycles. The number of nitrogens with zero attached hydrogens (tertiary/aromatic N) is 4. The molecule has 8 bridgehead atoms. The normalized spacial score (nSPS) is 25.3. The van der Waals surface area contributed by atoms with Crippen LogP contribution in [0.4, 0.5) is 0 Å². The number of allylic oxidation sites excluding steroid dienone is 11. The number of Topliss-reactive ketones (excluding diaryl/α,β-unsaturated/α-hetero) is 1. The molecule has 0 amide bonds. The molecule has 1 fully saturated rings. The fourth-order valence-electron chi connectivity index (χ4n) is 7.05. The first-order valence-corrected chi connectivity index (χ1v) is 15.4. The first-order valence-electron chi connectivity index (χ1n) is 15.4. The summed E-state index contributed by atoms with van der Waals surface area (Å²) in [6.45, 7) is 16.0. The Morgan fingerprint density at radius 3 is 2.29 bits per heavy atom. The van der Waals surface area contributed by atoms with E-state index in [9.17, 15) is 19.5 Å². The Morgan fingerprint density at radius 1 is 0.956 bits per heavy atom. The quantitative estimate of drug-likeness (QED) is 0.275. The van der Waals surface area contributed by atoms with Gasteiger partial charge in [-0.25, -0.2) is 15.0 Å². The molecule has 9 heteroatoms. The molecule has 3 atom stereocenters. The molecule has 1 aliphatic carbocycles. The number of rotatable bonds is 7. The molecule has 0 saturated heterocycles. The van der Waals surface area contributed by atoms with Gasteiger partial charge >= 0.3 is 11.9 Å². The van der Waals surface area contributed by atoms with Crippen molar-refractivity contribution >= 4 is 40.6 Å². The number of fused-ring (bicyclic) bond motifs is 4. The highest BCUT2D eigenvalue weighted by molar-refractivity contribution is 6.42. The summed E-state index contributed by atoms with van der Waals surface area (Å²) < 4.78 is 5.21. The number of carbonyl (C=O) groups excluding carboxylic acids is 2. The van der Waals surface area contributed by atoms with Crippen LogP contribution in [0, 0.1) is 17.8 Å². The van der Waals surface area contributed by atoms with Crippen molar-refractivity contribution < 1.29 is 24.2 Å². The third kappa shape index (κ3) is 4.72. The zero-order valence-corrected chi connectivity index (χ0v) is 26.4. The lowest BCUT2D eigenvalue weighted by Gasteiger charge is -2.19. The lowest BCUT2D eigenvalue weighted by molar-refractivity contribution is -0.144. The molecule has 5 aliphatic heterocycles. The van der Waals surface area contributed by atoms with E-state index in [0.29, 0.717) is 46.0 Å². The minimum absolute atomic E-state index is 0.130. The number of hydrogen-bond donors (Lipinski definition) is 1. The van der Waals surface area contributed by atoms with Crippen molar-refractivity contribution in [1.29, 1.82) is 0 Å². The van der Waals surface area contributed by atoms with Gasteiger partial charge in [0.2, 0.25) is 0 Å². The topological polar surface area (TPSA) is 130 Å². The maximum atomic E-state index is 13.8. The molecule has 1 saturated carbocycles. The van der Waals surface area contributed by atoms with Crippen LogP contribution < -0.4 is 0 Å². The standard InChI is InChI=1S/C36H36N4O5/c1-8-20-16(4)23-13-25-18(6)22(11-12-29(41)45-10-3)33(39-25)31-32(36(43)44)35(42)30-19(7)26(40-34(30)31)15-28-21(9-2)17(5)24(38-28)14-27(20)37-23/h8,13-15,18,22,32H,1,9-12H2,2-7H3,(H,43,44). The van der Waals surface area contributed by atoms with Crippen LogP contribution in [0.1, 0.15) is 60.8 Å². The van der Waals surface area contributed by atoms with E-state index < -0.39 is 17.7 Å². The predicted molar refractivity (Wildman–Crippen MR) is 174 cm³/mol. The average molecular weight is 605 g/mol. The van der Waals surface area contributed by atoms with E-state index in [1.54, 1.807) is 19.9 Å². The van der Waals surface area contributed by atoms with Crippen LogP contribution in [-0.4, -0.2) is 52.3 Å². The summed E-state index contributed by atoms with van der Waals surface area (Å²) in [4.78, 5) is 58.9. The Bertz CT molecular complexity index is 1860. The summed E-state index contributed by atoms with van der Waals surface area (Å²) in [6.07, 6.45) is 8.83. The maximum Gasteiger partial charge on any atom is 0.319 e. The SMILES string of the molecule is C=CC1=C(C)C2=CC3=NC(=C4C5=NC(=CC6=NC(=CC1=N2)C(C)=C6CC)C(C)=C5C(=O)C4C(=O)O)C(CCC(=O)OCC)C3C. The Labute approximate surface area is 262 Å². The molecular formula is C36H36N4O5. The van der Waals surface area contributed by atoms with E-state index in [4.69, 9.17) is 24.7 Å². The molecule has 45 heavy (non-hydrogen) atoms. The summed E-state index contributed by atoms with van der Waals surface area (Å²) in [5.41, 5.74) is 10.3. The zero-order valence-electron chi connectivity index (χ0n) is 26.4. The monoisotopic (exact) mass is 604 g/mol. The minimum Gasteiger partial charge on any atom is -0.480 e. The Morgan fingerprint density at radius 2 is 1.62 bits per heavy atom. The number of aliphatic carboxylic acids is 1. The van der Waals surface area contributed by atoms with Gasteiger partial charge < -0.3 is 9.84 Å². The predicted octanol–water partition coefficient (Wildman–Crippen LogP) is 6.15. The third-order valence-corrected chi connectivity index (χ3v) is 9.52. The molecule has 0 radical (unpaired) electrons. The second kappa shape index (κ2) is 11.3. The van der Waals surface area contributed by atoms with E-state index in [1.165, 1.54) is 0 Å². The van der Waals surface area contributed by atoms with E-state index in [2.05, 4.69) is 13.5 Å². The van der Waals surface area contributed by atoms with Crippen LogP contribution in [-0.2, 0) is 19.1 Å². The zero-order chi connectivity index (χ0) is 32.3. The highest BCUT2D eigenvalue weighted by Gasteiger charge is 2.51. The lowest BCUT2D eigenvalue weighted by atomic mass is 9.83. The highest BCUT2D eigenvalue weighted by atomic mass is 16.5. The molecule has 9 nitrogen and oxygen atoms in total. The molecule has 230 valence electrons. The Balaban J connectivity index is 1.65. The number of carboxylic acid groups (broad SMARTS) is 1.